The van der Waals surface area contributed by atoms with Gasteiger partial charge in [-0.1, -0.05) is 6.07 Å². The molecule has 1 aromatic carbocycles. The molecule has 0 aliphatic rings. The topological polar surface area (TPSA) is 78.3 Å². The second-order valence-electron chi connectivity index (χ2n) is 7.22. The third kappa shape index (κ3) is 4.93. The molecule has 0 aliphatic carbocycles. The van der Waals surface area contributed by atoms with Crippen LogP contribution in [0, 0.1) is 0 Å². The quantitative estimate of drug-likeness (QED) is 0.599. The lowest BCUT2D eigenvalue weighted by atomic mass is 10.2. The van der Waals surface area contributed by atoms with Crippen LogP contribution in [0.1, 0.15) is 39.3 Å². The minimum Gasteiger partial charge on any atom is -0.493 e. The van der Waals surface area contributed by atoms with Crippen molar-refractivity contribution in [3.63, 3.8) is 0 Å². The zero-order valence-electron chi connectivity index (χ0n) is 17.3. The van der Waals surface area contributed by atoms with E-state index in [0.717, 1.165) is 16.6 Å². The number of methoxy groups -OCH3 is 1. The number of nitrogens with zero attached hydrogens (tertiary/aromatic N) is 3. The van der Waals surface area contributed by atoms with E-state index >= 15 is 0 Å². The van der Waals surface area contributed by atoms with Crippen molar-refractivity contribution in [2.24, 2.45) is 0 Å². The molecule has 1 N–H and O–H groups in total. The van der Waals surface area contributed by atoms with E-state index in [2.05, 4.69) is 15.4 Å². The fraction of sp³-hybridized carbons (Fsp3) is 0.318. The molecule has 152 valence electrons. The van der Waals surface area contributed by atoms with Crippen molar-refractivity contribution in [2.45, 2.75) is 39.8 Å². The van der Waals surface area contributed by atoms with Crippen molar-refractivity contribution in [3.05, 3.63) is 48.3 Å². The molecule has 7 heteroatoms. The SMILES string of the molecule is COc1cc(/C=C/C(=O)Nc2cnc3c(cnn3C(C)C)c2)ccc1OC(C)C. The van der Waals surface area contributed by atoms with Crippen LogP contribution in [0.2, 0.25) is 0 Å². The molecule has 7 nitrogen and oxygen atoms in total. The van der Waals surface area contributed by atoms with Gasteiger partial charge in [-0.2, -0.15) is 5.10 Å². The Balaban J connectivity index is 1.70. The van der Waals surface area contributed by atoms with Gasteiger partial charge in [0.25, 0.3) is 0 Å². The molecule has 3 rings (SSSR count). The van der Waals surface area contributed by atoms with E-state index in [1.54, 1.807) is 25.6 Å². The highest BCUT2D eigenvalue weighted by Crippen LogP contribution is 2.29. The van der Waals surface area contributed by atoms with E-state index in [1.807, 2.05) is 56.6 Å². The van der Waals surface area contributed by atoms with Crippen LogP contribution in [0.25, 0.3) is 17.1 Å². The molecular weight excluding hydrogens is 368 g/mol. The Morgan fingerprint density at radius 1 is 1.14 bits per heavy atom. The number of benzene rings is 1. The summed E-state index contributed by atoms with van der Waals surface area (Å²) in [5, 5.41) is 8.05. The lowest BCUT2D eigenvalue weighted by molar-refractivity contribution is -0.111. The Morgan fingerprint density at radius 2 is 1.93 bits per heavy atom. The molecule has 0 aliphatic heterocycles. The summed E-state index contributed by atoms with van der Waals surface area (Å²) in [4.78, 5) is 16.7. The van der Waals surface area contributed by atoms with Crippen LogP contribution in [0.4, 0.5) is 5.69 Å². The van der Waals surface area contributed by atoms with Gasteiger partial charge in [0.2, 0.25) is 5.91 Å². The van der Waals surface area contributed by atoms with Crippen LogP contribution in [0.5, 0.6) is 11.5 Å². The number of fused-ring (bicyclic) bond motifs is 1. The van der Waals surface area contributed by atoms with Crippen molar-refractivity contribution in [1.82, 2.24) is 14.8 Å². The maximum Gasteiger partial charge on any atom is 0.248 e. The predicted molar refractivity (Wildman–Crippen MR) is 114 cm³/mol. The van der Waals surface area contributed by atoms with E-state index in [0.29, 0.717) is 17.2 Å². The molecule has 29 heavy (non-hydrogen) atoms. The number of aromatic nitrogens is 3. The average molecular weight is 394 g/mol. The number of rotatable bonds is 7. The van der Waals surface area contributed by atoms with Crippen LogP contribution in [-0.4, -0.2) is 33.9 Å². The second-order valence-corrected chi connectivity index (χ2v) is 7.22. The predicted octanol–water partition coefficient (Wildman–Crippen LogP) is 4.46. The normalized spacial score (nSPS) is 11.6. The number of amides is 1. The molecule has 0 spiro atoms. The third-order valence-electron chi connectivity index (χ3n) is 4.17. The van der Waals surface area contributed by atoms with Gasteiger partial charge in [-0.3, -0.25) is 4.79 Å². The largest absolute Gasteiger partial charge is 0.493 e. The first-order chi connectivity index (χ1) is 13.9. The zero-order valence-corrected chi connectivity index (χ0v) is 17.3. The van der Waals surface area contributed by atoms with Gasteiger partial charge in [-0.05, 0) is 57.5 Å². The van der Waals surface area contributed by atoms with Crippen molar-refractivity contribution < 1.29 is 14.3 Å². The van der Waals surface area contributed by atoms with Crippen LogP contribution in [0.15, 0.2) is 42.7 Å². The summed E-state index contributed by atoms with van der Waals surface area (Å²) in [5.74, 6) is 1.05. The second kappa shape index (κ2) is 8.77. The molecule has 0 saturated carbocycles. The smallest absolute Gasteiger partial charge is 0.248 e. The Hall–Kier alpha value is -3.35. The van der Waals surface area contributed by atoms with E-state index < -0.39 is 0 Å². The lowest BCUT2D eigenvalue weighted by Crippen LogP contribution is -2.08. The fourth-order valence-electron chi connectivity index (χ4n) is 2.88. The van der Waals surface area contributed by atoms with Gasteiger partial charge < -0.3 is 14.8 Å². The van der Waals surface area contributed by atoms with Crippen LogP contribution >= 0.6 is 0 Å². The number of carbonyl (C=O) groups is 1. The highest BCUT2D eigenvalue weighted by Gasteiger charge is 2.09. The van der Waals surface area contributed by atoms with Crippen molar-refractivity contribution in [2.75, 3.05) is 12.4 Å². The summed E-state index contributed by atoms with van der Waals surface area (Å²) in [6.07, 6.45) is 6.63. The lowest BCUT2D eigenvalue weighted by Gasteiger charge is -2.13. The summed E-state index contributed by atoms with van der Waals surface area (Å²) < 4.78 is 12.9. The maximum absolute atomic E-state index is 12.3. The average Bonchev–Trinajstić information content (AvgIpc) is 3.10. The molecule has 2 heterocycles. The first-order valence-electron chi connectivity index (χ1n) is 9.54. The van der Waals surface area contributed by atoms with Gasteiger partial charge in [-0.25, -0.2) is 9.67 Å². The third-order valence-corrected chi connectivity index (χ3v) is 4.17. The van der Waals surface area contributed by atoms with Crippen LogP contribution in [0.3, 0.4) is 0 Å². The summed E-state index contributed by atoms with van der Waals surface area (Å²) in [5.41, 5.74) is 2.25. The standard InChI is InChI=1S/C22H26N4O3/c1-14(2)26-22-17(12-24-26)11-18(13-23-22)25-21(27)9-7-16-6-8-19(29-15(3)4)20(10-16)28-5/h6-15H,1-5H3,(H,25,27)/b9-7+. The van der Waals surface area contributed by atoms with Gasteiger partial charge in [0.15, 0.2) is 17.1 Å². The number of hydrogen-bond donors (Lipinski definition) is 1. The number of pyridine rings is 1. The molecule has 0 radical (unpaired) electrons. The van der Waals surface area contributed by atoms with E-state index in [9.17, 15) is 4.79 Å². The molecule has 0 saturated heterocycles. The summed E-state index contributed by atoms with van der Waals surface area (Å²) in [6.45, 7) is 8.01. The van der Waals surface area contributed by atoms with Crippen molar-refractivity contribution in [3.8, 4) is 11.5 Å². The highest BCUT2D eigenvalue weighted by molar-refractivity contribution is 6.02. The number of anilines is 1. The first-order valence-corrected chi connectivity index (χ1v) is 9.54. The Morgan fingerprint density at radius 3 is 2.62 bits per heavy atom. The molecule has 0 fully saturated rings. The van der Waals surface area contributed by atoms with Crippen molar-refractivity contribution >= 4 is 28.7 Å². The molecule has 2 aromatic heterocycles. The van der Waals surface area contributed by atoms with Crippen molar-refractivity contribution in [1.29, 1.82) is 0 Å². The summed E-state index contributed by atoms with van der Waals surface area (Å²) >= 11 is 0. The Labute approximate surface area is 170 Å². The highest BCUT2D eigenvalue weighted by atomic mass is 16.5. The first kappa shape index (κ1) is 20.4. The fourth-order valence-corrected chi connectivity index (χ4v) is 2.88. The number of nitrogens with one attached hydrogen (secondary N) is 1. The van der Waals surface area contributed by atoms with Gasteiger partial charge >= 0.3 is 0 Å². The van der Waals surface area contributed by atoms with E-state index in [-0.39, 0.29) is 18.1 Å². The van der Waals surface area contributed by atoms with Crippen LogP contribution < -0.4 is 14.8 Å². The van der Waals surface area contributed by atoms with Crippen LogP contribution in [-0.2, 0) is 4.79 Å². The number of hydrogen-bond acceptors (Lipinski definition) is 5. The maximum atomic E-state index is 12.3. The molecule has 3 aromatic rings. The number of carbonyl (C=O) groups excluding carboxylic acids is 1. The molecule has 1 amide bonds. The molecule has 0 unspecified atom stereocenters. The zero-order chi connectivity index (χ0) is 21.0. The minimum atomic E-state index is -0.246. The van der Waals surface area contributed by atoms with E-state index in [1.165, 1.54) is 6.08 Å². The molecule has 0 bridgehead atoms. The van der Waals surface area contributed by atoms with Gasteiger partial charge in [0.05, 0.1) is 31.3 Å². The molecular formula is C22H26N4O3. The molecule has 0 atom stereocenters. The number of ether oxygens (including phenoxy) is 2. The monoisotopic (exact) mass is 394 g/mol. The van der Waals surface area contributed by atoms with E-state index in [4.69, 9.17) is 9.47 Å². The summed E-state index contributed by atoms with van der Waals surface area (Å²) in [7, 11) is 1.59. The Kier molecular flexibility index (Phi) is 6.16. The minimum absolute atomic E-state index is 0.0506. The van der Waals surface area contributed by atoms with Gasteiger partial charge in [0, 0.05) is 17.5 Å². The summed E-state index contributed by atoms with van der Waals surface area (Å²) in [6, 6.07) is 7.62. The van der Waals surface area contributed by atoms with Gasteiger partial charge in [0.1, 0.15) is 0 Å². The Bertz CT molecular complexity index is 1040. The van der Waals surface area contributed by atoms with Gasteiger partial charge in [-0.15, -0.1) is 0 Å².